The number of anilines is 1. The van der Waals surface area contributed by atoms with E-state index in [0.717, 1.165) is 21.7 Å². The van der Waals surface area contributed by atoms with Crippen LogP contribution in [0.2, 0.25) is 0 Å². The summed E-state index contributed by atoms with van der Waals surface area (Å²) in [5.41, 5.74) is 2.28. The normalized spacial score (nSPS) is 12.4. The van der Waals surface area contributed by atoms with Gasteiger partial charge in [-0.25, -0.2) is 12.8 Å². The lowest BCUT2D eigenvalue weighted by atomic mass is 10.1. The van der Waals surface area contributed by atoms with Crippen LogP contribution in [-0.4, -0.2) is 50.0 Å². The molecule has 0 aliphatic rings. The number of halogens is 1. The summed E-state index contributed by atoms with van der Waals surface area (Å²) >= 11 is 0. The van der Waals surface area contributed by atoms with Gasteiger partial charge in [-0.15, -0.1) is 0 Å². The first-order valence-electron chi connectivity index (χ1n) is 10.7. The Morgan fingerprint density at radius 3 is 2.12 bits per heavy atom. The number of carbonyl (C=O) groups is 2. The van der Waals surface area contributed by atoms with Gasteiger partial charge in [0.1, 0.15) is 18.4 Å². The number of amides is 2. The summed E-state index contributed by atoms with van der Waals surface area (Å²) in [5, 5.41) is 2.75. The van der Waals surface area contributed by atoms with Crippen molar-refractivity contribution < 1.29 is 22.4 Å². The summed E-state index contributed by atoms with van der Waals surface area (Å²) in [7, 11) is -3.81. The van der Waals surface area contributed by atoms with Crippen molar-refractivity contribution in [1.82, 2.24) is 10.2 Å². The number of sulfonamides is 1. The van der Waals surface area contributed by atoms with Gasteiger partial charge in [0.15, 0.2) is 0 Å². The van der Waals surface area contributed by atoms with Crippen LogP contribution in [0.4, 0.5) is 10.1 Å². The van der Waals surface area contributed by atoms with Crippen LogP contribution in [0.25, 0.3) is 0 Å². The van der Waals surface area contributed by atoms with Gasteiger partial charge in [0.2, 0.25) is 21.8 Å². The maximum Gasteiger partial charge on any atom is 0.244 e. The van der Waals surface area contributed by atoms with Crippen LogP contribution in [0.1, 0.15) is 37.5 Å². The van der Waals surface area contributed by atoms with E-state index in [1.54, 1.807) is 32.0 Å². The van der Waals surface area contributed by atoms with Crippen molar-refractivity contribution >= 4 is 27.5 Å². The lowest BCUT2D eigenvalue weighted by Gasteiger charge is -2.32. The second-order valence-electron chi connectivity index (χ2n) is 8.57. The molecule has 0 aliphatic heterocycles. The molecule has 0 fully saturated rings. The Bertz CT molecular complexity index is 1100. The number of hydrogen-bond donors (Lipinski definition) is 1. The molecule has 0 aliphatic carbocycles. The van der Waals surface area contributed by atoms with Crippen molar-refractivity contribution in [3.63, 3.8) is 0 Å². The molecule has 0 radical (unpaired) electrons. The van der Waals surface area contributed by atoms with E-state index in [1.807, 2.05) is 19.9 Å². The minimum absolute atomic E-state index is 0.159. The van der Waals surface area contributed by atoms with E-state index in [0.29, 0.717) is 5.69 Å². The predicted octanol–water partition coefficient (Wildman–Crippen LogP) is 3.15. The maximum absolute atomic E-state index is 14.3. The number of aryl methyl sites for hydroxylation is 2. The zero-order valence-corrected chi connectivity index (χ0v) is 20.7. The molecule has 2 amide bonds. The quantitative estimate of drug-likeness (QED) is 0.601. The maximum atomic E-state index is 14.3. The Kier molecular flexibility index (Phi) is 8.60. The van der Waals surface area contributed by atoms with Gasteiger partial charge in [-0.2, -0.15) is 0 Å². The molecule has 2 rings (SSSR count). The molecule has 0 spiro atoms. The second kappa shape index (κ2) is 10.8. The molecule has 33 heavy (non-hydrogen) atoms. The van der Waals surface area contributed by atoms with Gasteiger partial charge in [0, 0.05) is 18.2 Å². The topological polar surface area (TPSA) is 86.8 Å². The summed E-state index contributed by atoms with van der Waals surface area (Å²) in [6, 6.07) is 10.1. The Morgan fingerprint density at radius 2 is 1.61 bits per heavy atom. The zero-order chi connectivity index (χ0) is 24.9. The van der Waals surface area contributed by atoms with Gasteiger partial charge in [-0.1, -0.05) is 24.3 Å². The first kappa shape index (κ1) is 26.3. The Morgan fingerprint density at radius 1 is 1.03 bits per heavy atom. The highest BCUT2D eigenvalue weighted by Gasteiger charge is 2.30. The van der Waals surface area contributed by atoms with Crippen molar-refractivity contribution in [1.29, 1.82) is 0 Å². The van der Waals surface area contributed by atoms with E-state index >= 15 is 0 Å². The van der Waals surface area contributed by atoms with E-state index in [9.17, 15) is 22.4 Å². The largest absolute Gasteiger partial charge is 0.352 e. The molecular weight excluding hydrogens is 445 g/mol. The standard InChI is InChI=1S/C24H32FN3O4S/c1-16(2)26-24(30)19(5)27(14-20-9-7-8-10-22(20)25)23(29)15-28(33(6,31)32)21-12-17(3)11-18(4)13-21/h7-13,16,19H,14-15H2,1-6H3,(H,26,30)/t19-/m1/s1. The number of nitrogens with zero attached hydrogens (tertiary/aromatic N) is 2. The van der Waals surface area contributed by atoms with E-state index < -0.39 is 40.2 Å². The highest BCUT2D eigenvalue weighted by atomic mass is 32.2. The van der Waals surface area contributed by atoms with E-state index in [-0.39, 0.29) is 18.2 Å². The summed E-state index contributed by atoms with van der Waals surface area (Å²) in [6.07, 6.45) is 1.02. The number of hydrogen-bond acceptors (Lipinski definition) is 4. The first-order chi connectivity index (χ1) is 15.3. The molecule has 9 heteroatoms. The molecule has 2 aromatic carbocycles. The van der Waals surface area contributed by atoms with Crippen molar-refractivity contribution in [3.05, 3.63) is 65.0 Å². The molecule has 0 unspecified atom stereocenters. The Labute approximate surface area is 195 Å². The van der Waals surface area contributed by atoms with Gasteiger partial charge >= 0.3 is 0 Å². The minimum atomic E-state index is -3.81. The van der Waals surface area contributed by atoms with Crippen LogP contribution >= 0.6 is 0 Å². The summed E-state index contributed by atoms with van der Waals surface area (Å²) in [5.74, 6) is -1.54. The molecule has 7 nitrogen and oxygen atoms in total. The molecule has 1 atom stereocenters. The third-order valence-electron chi connectivity index (χ3n) is 5.07. The molecule has 180 valence electrons. The average molecular weight is 478 g/mol. The van der Waals surface area contributed by atoms with Crippen molar-refractivity contribution in [2.75, 3.05) is 17.1 Å². The monoisotopic (exact) mass is 477 g/mol. The smallest absolute Gasteiger partial charge is 0.244 e. The number of nitrogens with one attached hydrogen (secondary N) is 1. The third kappa shape index (κ3) is 7.28. The van der Waals surface area contributed by atoms with Crippen molar-refractivity contribution in [3.8, 4) is 0 Å². The Hall–Kier alpha value is -2.94. The molecule has 0 bridgehead atoms. The average Bonchev–Trinajstić information content (AvgIpc) is 2.68. The number of benzene rings is 2. The van der Waals surface area contributed by atoms with Crippen LogP contribution < -0.4 is 9.62 Å². The van der Waals surface area contributed by atoms with Crippen LogP contribution in [-0.2, 0) is 26.2 Å². The summed E-state index contributed by atoms with van der Waals surface area (Å²) in [6.45, 7) is 8.09. The fourth-order valence-electron chi connectivity index (χ4n) is 3.51. The molecule has 0 saturated heterocycles. The highest BCUT2D eigenvalue weighted by molar-refractivity contribution is 7.92. The van der Waals surface area contributed by atoms with Gasteiger partial charge < -0.3 is 10.2 Å². The fourth-order valence-corrected chi connectivity index (χ4v) is 4.34. The lowest BCUT2D eigenvalue weighted by Crippen LogP contribution is -2.52. The number of carbonyl (C=O) groups excluding carboxylic acids is 2. The van der Waals surface area contributed by atoms with E-state index in [2.05, 4.69) is 5.32 Å². The summed E-state index contributed by atoms with van der Waals surface area (Å²) in [4.78, 5) is 27.3. The molecular formula is C24H32FN3O4S. The second-order valence-corrected chi connectivity index (χ2v) is 10.5. The third-order valence-corrected chi connectivity index (χ3v) is 6.21. The van der Waals surface area contributed by atoms with Crippen LogP contribution in [0, 0.1) is 19.7 Å². The van der Waals surface area contributed by atoms with Gasteiger partial charge in [0.25, 0.3) is 0 Å². The summed E-state index contributed by atoms with van der Waals surface area (Å²) < 4.78 is 40.5. The van der Waals surface area contributed by atoms with Gasteiger partial charge in [-0.3, -0.25) is 13.9 Å². The number of rotatable bonds is 9. The highest BCUT2D eigenvalue weighted by Crippen LogP contribution is 2.22. The van der Waals surface area contributed by atoms with E-state index in [4.69, 9.17) is 0 Å². The van der Waals surface area contributed by atoms with Crippen molar-refractivity contribution in [2.45, 2.75) is 53.2 Å². The molecule has 0 aromatic heterocycles. The van der Waals surface area contributed by atoms with Gasteiger partial charge in [0.05, 0.1) is 11.9 Å². The first-order valence-corrected chi connectivity index (χ1v) is 12.5. The lowest BCUT2D eigenvalue weighted by molar-refractivity contribution is -0.139. The predicted molar refractivity (Wildman–Crippen MR) is 128 cm³/mol. The van der Waals surface area contributed by atoms with Crippen LogP contribution in [0.5, 0.6) is 0 Å². The molecule has 2 aromatic rings. The Balaban J connectivity index is 2.44. The van der Waals surface area contributed by atoms with Crippen LogP contribution in [0.3, 0.4) is 0 Å². The molecule has 0 saturated carbocycles. The van der Waals surface area contributed by atoms with Gasteiger partial charge in [-0.05, 0) is 63.9 Å². The minimum Gasteiger partial charge on any atom is -0.352 e. The molecule has 1 N–H and O–H groups in total. The SMILES string of the molecule is Cc1cc(C)cc(N(CC(=O)N(Cc2ccccc2F)[C@H](C)C(=O)NC(C)C)S(C)(=O)=O)c1. The van der Waals surface area contributed by atoms with E-state index in [1.165, 1.54) is 30.0 Å². The van der Waals surface area contributed by atoms with Crippen LogP contribution in [0.15, 0.2) is 42.5 Å². The fraction of sp³-hybridized carbons (Fsp3) is 0.417. The zero-order valence-electron chi connectivity index (χ0n) is 19.9. The van der Waals surface area contributed by atoms with Crippen molar-refractivity contribution in [2.24, 2.45) is 0 Å². The molecule has 0 heterocycles.